The van der Waals surface area contributed by atoms with Crippen molar-refractivity contribution in [3.8, 4) is 0 Å². The van der Waals surface area contributed by atoms with Crippen molar-refractivity contribution in [1.29, 1.82) is 0 Å². The van der Waals surface area contributed by atoms with E-state index in [1.165, 1.54) is 5.56 Å². The maximum atomic E-state index is 13.3. The molecule has 0 aromatic heterocycles. The molecule has 3 heterocycles. The van der Waals surface area contributed by atoms with Gasteiger partial charge in [-0.1, -0.05) is 30.3 Å². The van der Waals surface area contributed by atoms with E-state index in [1.54, 1.807) is 15.9 Å². The second kappa shape index (κ2) is 6.69. The molecule has 2 atom stereocenters. The van der Waals surface area contributed by atoms with Gasteiger partial charge in [0.25, 0.3) is 5.91 Å². The van der Waals surface area contributed by atoms with Crippen molar-refractivity contribution in [3.63, 3.8) is 0 Å². The molecule has 0 radical (unpaired) electrons. The number of rotatable bonds is 3. The predicted octanol–water partition coefficient (Wildman–Crippen LogP) is 3.35. The minimum atomic E-state index is -0.725. The number of carbonyl (C=O) groups excluding carboxylic acids is 3. The third kappa shape index (κ3) is 2.59. The number of anilines is 2. The second-order valence-corrected chi connectivity index (χ2v) is 8.62. The van der Waals surface area contributed by atoms with Gasteiger partial charge in [0.15, 0.2) is 0 Å². The first-order valence-electron chi connectivity index (χ1n) is 10.6. The first-order valence-corrected chi connectivity index (χ1v) is 10.6. The van der Waals surface area contributed by atoms with Crippen LogP contribution in [0.1, 0.15) is 49.0 Å². The van der Waals surface area contributed by atoms with Crippen molar-refractivity contribution >= 4 is 29.1 Å². The maximum Gasteiger partial charge on any atom is 0.257 e. The topological polar surface area (TPSA) is 60.9 Å². The lowest BCUT2D eigenvalue weighted by Gasteiger charge is -2.48. The van der Waals surface area contributed by atoms with Crippen LogP contribution < -0.4 is 9.80 Å². The highest BCUT2D eigenvalue weighted by molar-refractivity contribution is 6.10. The molecule has 2 aromatic rings. The SMILES string of the molecule is CC1Cc2ccccc2N1C(=O)CCN1C(=O)c2ccccc2N2C(=O)CCC12C. The van der Waals surface area contributed by atoms with Crippen LogP contribution in [0.4, 0.5) is 11.4 Å². The fourth-order valence-electron chi connectivity index (χ4n) is 5.32. The number of hydrogen-bond acceptors (Lipinski definition) is 3. The molecule has 0 aliphatic carbocycles. The Morgan fingerprint density at radius 3 is 2.57 bits per heavy atom. The minimum Gasteiger partial charge on any atom is -0.315 e. The van der Waals surface area contributed by atoms with Gasteiger partial charge in [0.2, 0.25) is 11.8 Å². The Morgan fingerprint density at radius 2 is 1.77 bits per heavy atom. The molecule has 3 amide bonds. The van der Waals surface area contributed by atoms with Gasteiger partial charge in [0, 0.05) is 31.1 Å². The summed E-state index contributed by atoms with van der Waals surface area (Å²) >= 11 is 0. The van der Waals surface area contributed by atoms with E-state index in [1.807, 2.05) is 48.2 Å². The highest BCUT2D eigenvalue weighted by atomic mass is 16.2. The number of amides is 3. The predicted molar refractivity (Wildman–Crippen MR) is 114 cm³/mol. The number of para-hydroxylation sites is 2. The molecular formula is C24H25N3O3. The summed E-state index contributed by atoms with van der Waals surface area (Å²) in [4.78, 5) is 44.5. The number of nitrogens with zero attached hydrogens (tertiary/aromatic N) is 3. The largest absolute Gasteiger partial charge is 0.315 e. The summed E-state index contributed by atoms with van der Waals surface area (Å²) in [6, 6.07) is 15.4. The third-order valence-electron chi connectivity index (χ3n) is 6.77. The molecule has 5 rings (SSSR count). The van der Waals surface area contributed by atoms with Crippen molar-refractivity contribution in [2.24, 2.45) is 0 Å². The summed E-state index contributed by atoms with van der Waals surface area (Å²) in [6.07, 6.45) is 2.05. The van der Waals surface area contributed by atoms with E-state index in [0.717, 1.165) is 12.1 Å². The van der Waals surface area contributed by atoms with Crippen molar-refractivity contribution < 1.29 is 14.4 Å². The molecule has 1 saturated heterocycles. The van der Waals surface area contributed by atoms with E-state index >= 15 is 0 Å². The highest BCUT2D eigenvalue weighted by Gasteiger charge is 2.53. The quantitative estimate of drug-likeness (QED) is 0.790. The molecular weight excluding hydrogens is 378 g/mol. The normalized spacial score (nSPS) is 24.7. The molecule has 0 N–H and O–H groups in total. The third-order valence-corrected chi connectivity index (χ3v) is 6.77. The average Bonchev–Trinajstić information content (AvgIpc) is 3.23. The summed E-state index contributed by atoms with van der Waals surface area (Å²) in [5, 5.41) is 0. The van der Waals surface area contributed by atoms with Gasteiger partial charge in [-0.2, -0.15) is 0 Å². The van der Waals surface area contributed by atoms with E-state index in [2.05, 4.69) is 13.0 Å². The zero-order chi connectivity index (χ0) is 21.0. The van der Waals surface area contributed by atoms with Gasteiger partial charge >= 0.3 is 0 Å². The molecule has 3 aliphatic rings. The Bertz CT molecular complexity index is 1070. The monoisotopic (exact) mass is 403 g/mol. The Labute approximate surface area is 176 Å². The Kier molecular flexibility index (Phi) is 4.20. The van der Waals surface area contributed by atoms with Crippen molar-refractivity contribution in [2.75, 3.05) is 16.3 Å². The van der Waals surface area contributed by atoms with Crippen LogP contribution in [-0.4, -0.2) is 40.9 Å². The van der Waals surface area contributed by atoms with Crippen LogP contribution in [0.25, 0.3) is 0 Å². The summed E-state index contributed by atoms with van der Waals surface area (Å²) in [5.41, 5.74) is 2.63. The van der Waals surface area contributed by atoms with Crippen molar-refractivity contribution in [1.82, 2.24) is 4.90 Å². The zero-order valence-corrected chi connectivity index (χ0v) is 17.3. The van der Waals surface area contributed by atoms with Gasteiger partial charge < -0.3 is 9.80 Å². The lowest BCUT2D eigenvalue weighted by Crippen LogP contribution is -2.62. The summed E-state index contributed by atoms with van der Waals surface area (Å²) < 4.78 is 0. The molecule has 30 heavy (non-hydrogen) atoms. The highest BCUT2D eigenvalue weighted by Crippen LogP contribution is 2.44. The molecule has 2 aromatic carbocycles. The standard InChI is InChI=1S/C24H25N3O3/c1-16-15-17-7-3-5-9-19(17)26(16)21(28)12-14-25-23(30)18-8-4-6-10-20(18)27-22(29)11-13-24(25,27)2/h3-10,16H,11-15H2,1-2H3. The van der Waals surface area contributed by atoms with Crippen LogP contribution in [0, 0.1) is 0 Å². The van der Waals surface area contributed by atoms with Crippen LogP contribution in [0.2, 0.25) is 0 Å². The van der Waals surface area contributed by atoms with E-state index in [-0.39, 0.29) is 36.7 Å². The molecule has 2 unspecified atom stereocenters. The van der Waals surface area contributed by atoms with E-state index < -0.39 is 5.66 Å². The summed E-state index contributed by atoms with van der Waals surface area (Å²) in [6.45, 7) is 4.28. The van der Waals surface area contributed by atoms with Crippen LogP contribution in [0.3, 0.4) is 0 Å². The van der Waals surface area contributed by atoms with Crippen LogP contribution >= 0.6 is 0 Å². The fourth-order valence-corrected chi connectivity index (χ4v) is 5.32. The molecule has 1 fully saturated rings. The molecule has 0 bridgehead atoms. The lowest BCUT2D eigenvalue weighted by molar-refractivity contribution is -0.119. The Morgan fingerprint density at radius 1 is 1.07 bits per heavy atom. The lowest BCUT2D eigenvalue weighted by atomic mass is 9.98. The van der Waals surface area contributed by atoms with Gasteiger partial charge in [-0.3, -0.25) is 19.3 Å². The molecule has 3 aliphatic heterocycles. The van der Waals surface area contributed by atoms with E-state index in [0.29, 0.717) is 24.1 Å². The molecule has 0 saturated carbocycles. The number of fused-ring (bicyclic) bond motifs is 4. The Hall–Kier alpha value is -3.15. The number of carbonyl (C=O) groups is 3. The van der Waals surface area contributed by atoms with Gasteiger partial charge in [-0.25, -0.2) is 0 Å². The summed E-state index contributed by atoms with van der Waals surface area (Å²) in [5.74, 6) is -0.0730. The van der Waals surface area contributed by atoms with Gasteiger partial charge in [-0.05, 0) is 50.5 Å². The van der Waals surface area contributed by atoms with Gasteiger partial charge in [0.05, 0.1) is 11.3 Å². The van der Waals surface area contributed by atoms with Crippen molar-refractivity contribution in [2.45, 2.75) is 51.2 Å². The maximum absolute atomic E-state index is 13.3. The van der Waals surface area contributed by atoms with Crippen molar-refractivity contribution in [3.05, 3.63) is 59.7 Å². The average molecular weight is 403 g/mol. The Balaban J connectivity index is 1.42. The fraction of sp³-hybridized carbons (Fsp3) is 0.375. The van der Waals surface area contributed by atoms with E-state index in [9.17, 15) is 14.4 Å². The molecule has 154 valence electrons. The number of hydrogen-bond donors (Lipinski definition) is 0. The first-order chi connectivity index (χ1) is 14.4. The zero-order valence-electron chi connectivity index (χ0n) is 17.3. The molecule has 6 heteroatoms. The van der Waals surface area contributed by atoms with Gasteiger partial charge in [0.1, 0.15) is 5.66 Å². The van der Waals surface area contributed by atoms with Crippen LogP contribution in [0.15, 0.2) is 48.5 Å². The van der Waals surface area contributed by atoms with Crippen LogP contribution in [-0.2, 0) is 16.0 Å². The molecule has 0 spiro atoms. The second-order valence-electron chi connectivity index (χ2n) is 8.62. The summed E-state index contributed by atoms with van der Waals surface area (Å²) in [7, 11) is 0. The van der Waals surface area contributed by atoms with Crippen LogP contribution in [0.5, 0.6) is 0 Å². The number of benzene rings is 2. The minimum absolute atomic E-state index is 0.0126. The molecule has 6 nitrogen and oxygen atoms in total. The van der Waals surface area contributed by atoms with E-state index in [4.69, 9.17) is 0 Å². The van der Waals surface area contributed by atoms with Gasteiger partial charge in [-0.15, -0.1) is 0 Å². The first kappa shape index (κ1) is 18.9. The smallest absolute Gasteiger partial charge is 0.257 e.